The third-order valence-corrected chi connectivity index (χ3v) is 6.08. The lowest BCUT2D eigenvalue weighted by Crippen LogP contribution is -2.24. The van der Waals surface area contributed by atoms with Crippen LogP contribution < -0.4 is 4.72 Å². The maximum atomic E-state index is 12.6. The van der Waals surface area contributed by atoms with Crippen molar-refractivity contribution in [3.63, 3.8) is 0 Å². The number of pyridine rings is 1. The van der Waals surface area contributed by atoms with Gasteiger partial charge in [-0.2, -0.15) is 5.10 Å². The quantitative estimate of drug-likeness (QED) is 0.642. The van der Waals surface area contributed by atoms with E-state index in [1.165, 1.54) is 18.6 Å². The molecular weight excluding hydrogens is 376 g/mol. The number of nitrogens with zero attached hydrogens (tertiary/aromatic N) is 3. The molecular formula is C16H16N4O4S2. The number of sulfonamides is 1. The fraction of sp³-hybridized carbons (Fsp3) is 0.188. The number of aryl methyl sites for hydroxylation is 1. The number of rotatable bonds is 6. The van der Waals surface area contributed by atoms with Crippen LogP contribution in [-0.4, -0.2) is 36.3 Å². The van der Waals surface area contributed by atoms with E-state index >= 15 is 0 Å². The van der Waals surface area contributed by atoms with Crippen molar-refractivity contribution in [2.75, 3.05) is 7.11 Å². The van der Waals surface area contributed by atoms with E-state index in [0.29, 0.717) is 11.3 Å². The Bertz CT molecular complexity index is 1040. The van der Waals surface area contributed by atoms with Gasteiger partial charge in [-0.15, -0.1) is 11.3 Å². The summed E-state index contributed by atoms with van der Waals surface area (Å²) in [6.07, 6.45) is 5.09. The molecule has 0 spiro atoms. The number of carbonyl (C=O) groups excluding carboxylic acids is 1. The number of methoxy groups -OCH3 is 1. The summed E-state index contributed by atoms with van der Waals surface area (Å²) >= 11 is 1.02. The molecule has 0 unspecified atom stereocenters. The van der Waals surface area contributed by atoms with Crippen LogP contribution in [0, 0.1) is 0 Å². The second-order valence-corrected chi connectivity index (χ2v) is 8.00. The molecule has 10 heteroatoms. The first-order chi connectivity index (χ1) is 12.4. The first kappa shape index (κ1) is 18.2. The van der Waals surface area contributed by atoms with Gasteiger partial charge in [-0.3, -0.25) is 9.67 Å². The predicted molar refractivity (Wildman–Crippen MR) is 96.1 cm³/mol. The van der Waals surface area contributed by atoms with Crippen molar-refractivity contribution in [1.29, 1.82) is 0 Å². The standard InChI is InChI=1S/C16H16N4O4S2/c1-20-10-12(8-18-20)14-11(4-3-6-17-14)9-19-26(22,23)13-5-7-25-15(13)16(21)24-2/h3-8,10,19H,9H2,1-2H3. The second kappa shape index (κ2) is 7.36. The first-order valence-corrected chi connectivity index (χ1v) is 9.87. The van der Waals surface area contributed by atoms with Crippen molar-refractivity contribution in [2.45, 2.75) is 11.4 Å². The normalized spacial score (nSPS) is 11.5. The summed E-state index contributed by atoms with van der Waals surface area (Å²) in [4.78, 5) is 16.0. The summed E-state index contributed by atoms with van der Waals surface area (Å²) in [5.74, 6) is -0.683. The Labute approximate surface area is 154 Å². The van der Waals surface area contributed by atoms with Crippen LogP contribution in [0.1, 0.15) is 15.2 Å². The monoisotopic (exact) mass is 392 g/mol. The van der Waals surface area contributed by atoms with Crippen LogP contribution in [0.15, 0.2) is 47.1 Å². The number of hydrogen-bond acceptors (Lipinski definition) is 7. The van der Waals surface area contributed by atoms with E-state index in [2.05, 4.69) is 19.5 Å². The molecule has 0 aliphatic carbocycles. The van der Waals surface area contributed by atoms with Gasteiger partial charge >= 0.3 is 5.97 Å². The van der Waals surface area contributed by atoms with Crippen LogP contribution >= 0.6 is 11.3 Å². The van der Waals surface area contributed by atoms with Crippen LogP contribution in [0.5, 0.6) is 0 Å². The van der Waals surface area contributed by atoms with E-state index in [1.807, 2.05) is 0 Å². The van der Waals surface area contributed by atoms with E-state index in [-0.39, 0.29) is 16.3 Å². The molecule has 0 atom stereocenters. The molecule has 136 valence electrons. The maximum absolute atomic E-state index is 12.6. The molecule has 3 aromatic rings. The Morgan fingerprint density at radius 2 is 2.19 bits per heavy atom. The second-order valence-electron chi connectivity index (χ2n) is 5.34. The Morgan fingerprint density at radius 3 is 2.88 bits per heavy atom. The Balaban J connectivity index is 1.86. The predicted octanol–water partition coefficient (Wildman–Crippen LogP) is 1.81. The molecule has 3 rings (SSSR count). The zero-order valence-corrected chi connectivity index (χ0v) is 15.7. The van der Waals surface area contributed by atoms with Crippen LogP contribution in [0.4, 0.5) is 0 Å². The van der Waals surface area contributed by atoms with Crippen molar-refractivity contribution in [1.82, 2.24) is 19.5 Å². The van der Waals surface area contributed by atoms with Crippen LogP contribution in [-0.2, 0) is 28.4 Å². The molecule has 0 bridgehead atoms. The smallest absolute Gasteiger partial charge is 0.349 e. The van der Waals surface area contributed by atoms with Crippen LogP contribution in [0.2, 0.25) is 0 Å². The fourth-order valence-corrected chi connectivity index (χ4v) is 4.73. The summed E-state index contributed by atoms with van der Waals surface area (Å²) in [6, 6.07) is 4.89. The Kier molecular flexibility index (Phi) is 5.16. The molecule has 0 saturated carbocycles. The Morgan fingerprint density at radius 1 is 1.38 bits per heavy atom. The topological polar surface area (TPSA) is 103 Å². The minimum absolute atomic E-state index is 0.0247. The number of thiophene rings is 1. The fourth-order valence-electron chi connectivity index (χ4n) is 2.39. The number of aromatic nitrogens is 3. The molecule has 26 heavy (non-hydrogen) atoms. The lowest BCUT2D eigenvalue weighted by molar-refractivity contribution is 0.0602. The van der Waals surface area contributed by atoms with Gasteiger partial charge in [-0.1, -0.05) is 6.07 Å². The minimum Gasteiger partial charge on any atom is -0.465 e. The number of esters is 1. The molecule has 8 nitrogen and oxygen atoms in total. The van der Waals surface area contributed by atoms with Gasteiger partial charge in [0, 0.05) is 31.5 Å². The van der Waals surface area contributed by atoms with Gasteiger partial charge in [0.25, 0.3) is 0 Å². The summed E-state index contributed by atoms with van der Waals surface area (Å²) in [7, 11) is -0.882. The van der Waals surface area contributed by atoms with Gasteiger partial charge in [0.1, 0.15) is 9.77 Å². The molecule has 3 heterocycles. The molecule has 0 radical (unpaired) electrons. The Hall–Kier alpha value is -2.56. The van der Waals surface area contributed by atoms with Gasteiger partial charge in [0.2, 0.25) is 10.0 Å². The lowest BCUT2D eigenvalue weighted by atomic mass is 10.1. The summed E-state index contributed by atoms with van der Waals surface area (Å²) < 4.78 is 34.0. The molecule has 1 N–H and O–H groups in total. The van der Waals surface area contributed by atoms with Gasteiger partial charge in [0.05, 0.1) is 19.0 Å². The van der Waals surface area contributed by atoms with Crippen molar-refractivity contribution < 1.29 is 17.9 Å². The number of carbonyl (C=O) groups is 1. The molecule has 0 aliphatic heterocycles. The van der Waals surface area contributed by atoms with Gasteiger partial charge in [0.15, 0.2) is 0 Å². The average molecular weight is 392 g/mol. The van der Waals surface area contributed by atoms with E-state index < -0.39 is 16.0 Å². The largest absolute Gasteiger partial charge is 0.465 e. The van der Waals surface area contributed by atoms with Crippen molar-refractivity contribution >= 4 is 27.3 Å². The molecule has 3 aromatic heterocycles. The van der Waals surface area contributed by atoms with Gasteiger partial charge in [-0.05, 0) is 23.1 Å². The number of hydrogen-bond donors (Lipinski definition) is 1. The summed E-state index contributed by atoms with van der Waals surface area (Å²) in [6.45, 7) is 0.0247. The van der Waals surface area contributed by atoms with E-state index in [0.717, 1.165) is 16.9 Å². The minimum atomic E-state index is -3.88. The van der Waals surface area contributed by atoms with Crippen LogP contribution in [0.25, 0.3) is 11.3 Å². The highest BCUT2D eigenvalue weighted by atomic mass is 32.2. The number of nitrogens with one attached hydrogen (secondary N) is 1. The zero-order valence-electron chi connectivity index (χ0n) is 14.0. The lowest BCUT2D eigenvalue weighted by Gasteiger charge is -2.09. The first-order valence-electron chi connectivity index (χ1n) is 7.51. The molecule has 0 aromatic carbocycles. The average Bonchev–Trinajstić information content (AvgIpc) is 3.29. The number of ether oxygens (including phenoxy) is 1. The highest BCUT2D eigenvalue weighted by molar-refractivity contribution is 7.89. The maximum Gasteiger partial charge on any atom is 0.349 e. The third-order valence-electron chi connectivity index (χ3n) is 3.61. The zero-order chi connectivity index (χ0) is 18.7. The highest BCUT2D eigenvalue weighted by Crippen LogP contribution is 2.24. The van der Waals surface area contributed by atoms with Crippen LogP contribution in [0.3, 0.4) is 0 Å². The summed E-state index contributed by atoms with van der Waals surface area (Å²) in [5.41, 5.74) is 2.12. The van der Waals surface area contributed by atoms with Crippen molar-refractivity contribution in [3.05, 3.63) is 52.6 Å². The van der Waals surface area contributed by atoms with Gasteiger partial charge < -0.3 is 4.74 Å². The SMILES string of the molecule is COC(=O)c1sccc1S(=O)(=O)NCc1cccnc1-c1cnn(C)c1. The summed E-state index contributed by atoms with van der Waals surface area (Å²) in [5, 5.41) is 5.65. The van der Waals surface area contributed by atoms with E-state index in [1.54, 1.807) is 42.5 Å². The molecule has 0 fully saturated rings. The van der Waals surface area contributed by atoms with E-state index in [4.69, 9.17) is 0 Å². The van der Waals surface area contributed by atoms with Gasteiger partial charge in [-0.25, -0.2) is 17.9 Å². The highest BCUT2D eigenvalue weighted by Gasteiger charge is 2.24. The molecule has 0 amide bonds. The van der Waals surface area contributed by atoms with E-state index in [9.17, 15) is 13.2 Å². The third kappa shape index (κ3) is 3.66. The molecule has 0 aliphatic rings. The molecule has 0 saturated heterocycles. The van der Waals surface area contributed by atoms with Crippen molar-refractivity contribution in [3.8, 4) is 11.3 Å². The van der Waals surface area contributed by atoms with Crippen molar-refractivity contribution in [2.24, 2.45) is 7.05 Å².